The van der Waals surface area contributed by atoms with E-state index in [0.717, 1.165) is 17.9 Å². The van der Waals surface area contributed by atoms with E-state index in [1.165, 1.54) is 27.7 Å². The molecule has 0 saturated carbocycles. The average Bonchev–Trinajstić information content (AvgIpc) is 2.84. The fourth-order valence-corrected chi connectivity index (χ4v) is 3.31. The van der Waals surface area contributed by atoms with Gasteiger partial charge in [-0.1, -0.05) is 48.5 Å². The minimum atomic E-state index is 0.579. The highest BCUT2D eigenvalue weighted by Gasteiger charge is 2.15. The summed E-state index contributed by atoms with van der Waals surface area (Å²) in [7, 11) is 4.15. The third-order valence-corrected chi connectivity index (χ3v) is 4.57. The van der Waals surface area contributed by atoms with E-state index in [4.69, 9.17) is 4.74 Å². The van der Waals surface area contributed by atoms with Crippen LogP contribution in [0.15, 0.2) is 66.4 Å². The van der Waals surface area contributed by atoms with E-state index in [2.05, 4.69) is 72.5 Å². The highest BCUT2D eigenvalue weighted by Crippen LogP contribution is 2.32. The summed E-state index contributed by atoms with van der Waals surface area (Å²) in [6, 6.07) is 16.7. The van der Waals surface area contributed by atoms with Gasteiger partial charge in [0.25, 0.3) is 0 Å². The molecule has 0 radical (unpaired) electrons. The summed E-state index contributed by atoms with van der Waals surface area (Å²) >= 11 is 0. The van der Waals surface area contributed by atoms with E-state index in [0.29, 0.717) is 6.61 Å². The van der Waals surface area contributed by atoms with Crippen LogP contribution in [0.2, 0.25) is 0 Å². The molecule has 3 aromatic rings. The predicted octanol–water partition coefficient (Wildman–Crippen LogP) is 4.90. The third kappa shape index (κ3) is 3.05. The van der Waals surface area contributed by atoms with Crippen LogP contribution < -0.4 is 4.90 Å². The number of anilines is 1. The number of benzene rings is 2. The smallest absolute Gasteiger partial charge is 0.121 e. The van der Waals surface area contributed by atoms with E-state index < -0.39 is 0 Å². The van der Waals surface area contributed by atoms with Gasteiger partial charge < -0.3 is 14.6 Å². The molecule has 0 amide bonds. The maximum absolute atomic E-state index is 6.02. The molecular weight excluding hydrogens is 308 g/mol. The minimum absolute atomic E-state index is 0.579. The van der Waals surface area contributed by atoms with Crippen molar-refractivity contribution in [1.29, 1.82) is 0 Å². The molecule has 0 unspecified atom stereocenters. The lowest BCUT2D eigenvalue weighted by atomic mass is 10.1. The monoisotopic (exact) mass is 330 g/mol. The van der Waals surface area contributed by atoms with Crippen LogP contribution in [0, 0.1) is 0 Å². The molecule has 1 N–H and O–H groups in total. The van der Waals surface area contributed by atoms with Crippen LogP contribution in [0.5, 0.6) is 0 Å². The fourth-order valence-electron chi connectivity index (χ4n) is 3.31. The number of hydrogen-bond acceptors (Lipinski definition) is 2. The summed E-state index contributed by atoms with van der Waals surface area (Å²) in [5.41, 5.74) is 6.03. The Morgan fingerprint density at radius 3 is 2.68 bits per heavy atom. The van der Waals surface area contributed by atoms with Gasteiger partial charge in [-0.05, 0) is 29.7 Å². The van der Waals surface area contributed by atoms with Crippen LogP contribution in [0.4, 0.5) is 5.69 Å². The molecule has 126 valence electrons. The lowest BCUT2D eigenvalue weighted by Crippen LogP contribution is -2.08. The van der Waals surface area contributed by atoms with Crippen molar-refractivity contribution < 1.29 is 4.74 Å². The predicted molar refractivity (Wildman–Crippen MR) is 105 cm³/mol. The summed E-state index contributed by atoms with van der Waals surface area (Å²) in [5, 5.41) is 1.28. The molecule has 0 bridgehead atoms. The fraction of sp³-hybridized carbons (Fsp3) is 0.182. The van der Waals surface area contributed by atoms with Gasteiger partial charge in [0.1, 0.15) is 12.4 Å². The number of rotatable bonds is 4. The van der Waals surface area contributed by atoms with Crippen molar-refractivity contribution in [2.45, 2.75) is 13.0 Å². The number of allylic oxidation sites excluding steroid dienone is 2. The quantitative estimate of drug-likeness (QED) is 0.736. The second kappa shape index (κ2) is 6.52. The standard InChI is InChI=1S/C22H22N2O/c1-24(2)21-13-7-12-19-18-11-6-10-17(14-20(18)23-22(19)21)25-15-16-8-4-3-5-9-16/h3-10,12-14,23H,11,15H2,1-2H3. The normalized spacial score (nSPS) is 13.3. The number of hydrogen-bond donors (Lipinski definition) is 1. The zero-order valence-electron chi connectivity index (χ0n) is 14.6. The highest BCUT2D eigenvalue weighted by atomic mass is 16.5. The van der Waals surface area contributed by atoms with Gasteiger partial charge in [0.15, 0.2) is 0 Å². The number of aromatic nitrogens is 1. The number of fused-ring (bicyclic) bond motifs is 3. The van der Waals surface area contributed by atoms with Crippen LogP contribution >= 0.6 is 0 Å². The van der Waals surface area contributed by atoms with Crippen molar-refractivity contribution >= 4 is 22.7 Å². The summed E-state index contributed by atoms with van der Waals surface area (Å²) < 4.78 is 6.02. The Kier molecular flexibility index (Phi) is 4.06. The molecule has 1 aliphatic rings. The second-order valence-corrected chi connectivity index (χ2v) is 6.54. The third-order valence-electron chi connectivity index (χ3n) is 4.57. The molecule has 2 aromatic carbocycles. The van der Waals surface area contributed by atoms with Crippen molar-refractivity contribution in [2.24, 2.45) is 0 Å². The molecule has 1 aromatic heterocycles. The lowest BCUT2D eigenvalue weighted by molar-refractivity contribution is 0.214. The van der Waals surface area contributed by atoms with Crippen LogP contribution in [0.25, 0.3) is 17.0 Å². The Morgan fingerprint density at radius 1 is 1.04 bits per heavy atom. The van der Waals surface area contributed by atoms with Gasteiger partial charge in [0.2, 0.25) is 0 Å². The topological polar surface area (TPSA) is 28.3 Å². The van der Waals surface area contributed by atoms with Gasteiger partial charge in [-0.2, -0.15) is 0 Å². The summed E-state index contributed by atoms with van der Waals surface area (Å²) in [4.78, 5) is 5.74. The van der Waals surface area contributed by atoms with Crippen LogP contribution in [-0.4, -0.2) is 19.1 Å². The van der Waals surface area contributed by atoms with Crippen molar-refractivity contribution in [3.05, 3.63) is 83.3 Å². The van der Waals surface area contributed by atoms with Crippen molar-refractivity contribution in [1.82, 2.24) is 4.98 Å². The molecule has 1 heterocycles. The Hall–Kier alpha value is -2.94. The molecule has 0 aliphatic heterocycles. The second-order valence-electron chi connectivity index (χ2n) is 6.54. The molecular formula is C22H22N2O. The van der Waals surface area contributed by atoms with Gasteiger partial charge >= 0.3 is 0 Å². The first-order chi connectivity index (χ1) is 12.2. The first-order valence-corrected chi connectivity index (χ1v) is 8.58. The maximum Gasteiger partial charge on any atom is 0.121 e. The largest absolute Gasteiger partial charge is 0.489 e. The van der Waals surface area contributed by atoms with E-state index in [1.807, 2.05) is 18.2 Å². The Balaban J connectivity index is 1.68. The van der Waals surface area contributed by atoms with Gasteiger partial charge in [0, 0.05) is 31.3 Å². The first-order valence-electron chi connectivity index (χ1n) is 8.58. The van der Waals surface area contributed by atoms with Gasteiger partial charge in [-0.15, -0.1) is 0 Å². The number of nitrogens with zero attached hydrogens (tertiary/aromatic N) is 1. The Morgan fingerprint density at radius 2 is 1.88 bits per heavy atom. The number of nitrogens with one attached hydrogen (secondary N) is 1. The first kappa shape index (κ1) is 15.6. The zero-order chi connectivity index (χ0) is 17.2. The molecule has 4 rings (SSSR count). The summed E-state index contributed by atoms with van der Waals surface area (Å²) in [6.45, 7) is 0.579. The molecule has 25 heavy (non-hydrogen) atoms. The van der Waals surface area contributed by atoms with Gasteiger partial charge in [-0.3, -0.25) is 0 Å². The van der Waals surface area contributed by atoms with Gasteiger partial charge in [-0.25, -0.2) is 0 Å². The van der Waals surface area contributed by atoms with E-state index >= 15 is 0 Å². The van der Waals surface area contributed by atoms with E-state index in [1.54, 1.807) is 0 Å². The van der Waals surface area contributed by atoms with Crippen molar-refractivity contribution in [3.8, 4) is 0 Å². The highest BCUT2D eigenvalue weighted by molar-refractivity contribution is 5.96. The molecule has 1 aliphatic carbocycles. The van der Waals surface area contributed by atoms with Crippen LogP contribution in [0.1, 0.15) is 16.8 Å². The molecule has 0 saturated heterocycles. The number of H-pyrrole nitrogens is 1. The number of aromatic amines is 1. The molecule has 3 heteroatoms. The number of para-hydroxylation sites is 1. The molecule has 0 fully saturated rings. The summed E-state index contributed by atoms with van der Waals surface area (Å²) in [6.07, 6.45) is 7.26. The van der Waals surface area contributed by atoms with E-state index in [-0.39, 0.29) is 0 Å². The molecule has 3 nitrogen and oxygen atoms in total. The Labute approximate surface area is 148 Å². The van der Waals surface area contributed by atoms with Crippen molar-refractivity contribution in [2.75, 3.05) is 19.0 Å². The number of ether oxygens (including phenoxy) is 1. The molecule has 0 spiro atoms. The minimum Gasteiger partial charge on any atom is -0.489 e. The Bertz CT molecular complexity index is 949. The van der Waals surface area contributed by atoms with Crippen LogP contribution in [0.3, 0.4) is 0 Å². The van der Waals surface area contributed by atoms with Gasteiger partial charge in [0.05, 0.1) is 11.2 Å². The SMILES string of the molecule is CN(C)c1cccc2c3c([nH]c12)C=C(OCc1ccccc1)C=CC3. The average molecular weight is 330 g/mol. The lowest BCUT2D eigenvalue weighted by Gasteiger charge is -2.13. The maximum atomic E-state index is 6.02. The molecule has 0 atom stereocenters. The van der Waals surface area contributed by atoms with Crippen molar-refractivity contribution in [3.63, 3.8) is 0 Å². The zero-order valence-corrected chi connectivity index (χ0v) is 14.6. The van der Waals surface area contributed by atoms with E-state index in [9.17, 15) is 0 Å². The summed E-state index contributed by atoms with van der Waals surface area (Å²) in [5.74, 6) is 0.889. The van der Waals surface area contributed by atoms with Crippen LogP contribution in [-0.2, 0) is 17.8 Å².